The summed E-state index contributed by atoms with van der Waals surface area (Å²) in [5.74, 6) is 1.84. The minimum absolute atomic E-state index is 0.0322. The lowest BCUT2D eigenvalue weighted by Crippen LogP contribution is -2.24. The van der Waals surface area contributed by atoms with Crippen molar-refractivity contribution in [2.24, 2.45) is 0 Å². The number of ether oxygens (including phenoxy) is 1. The first-order chi connectivity index (χ1) is 14.1. The first-order valence-corrected chi connectivity index (χ1v) is 10.7. The number of rotatable bonds is 9. The van der Waals surface area contributed by atoms with Crippen LogP contribution in [-0.2, 0) is 17.9 Å². The molecule has 1 aromatic heterocycles. The SMILES string of the molecule is CCn1c(SCC(=O)NCc2ccccc2)nnc1C(C)Oc1ccccc1C. The molecule has 2 aromatic carbocycles. The summed E-state index contributed by atoms with van der Waals surface area (Å²) in [6, 6.07) is 17.8. The first-order valence-electron chi connectivity index (χ1n) is 9.67. The fraction of sp³-hybridized carbons (Fsp3) is 0.318. The van der Waals surface area contributed by atoms with E-state index >= 15 is 0 Å². The topological polar surface area (TPSA) is 69.0 Å². The van der Waals surface area contributed by atoms with Crippen LogP contribution in [0.2, 0.25) is 0 Å². The number of hydrogen-bond acceptors (Lipinski definition) is 5. The van der Waals surface area contributed by atoms with Gasteiger partial charge in [0.2, 0.25) is 5.91 Å². The largest absolute Gasteiger partial charge is 0.482 e. The Morgan fingerprint density at radius 1 is 1.14 bits per heavy atom. The van der Waals surface area contributed by atoms with E-state index in [1.54, 1.807) is 0 Å². The molecule has 1 amide bonds. The van der Waals surface area contributed by atoms with E-state index in [0.717, 1.165) is 27.9 Å². The number of nitrogens with zero attached hydrogens (tertiary/aromatic N) is 3. The van der Waals surface area contributed by atoms with Gasteiger partial charge < -0.3 is 14.6 Å². The molecule has 0 aliphatic heterocycles. The third-order valence-electron chi connectivity index (χ3n) is 4.49. The Balaban J connectivity index is 1.58. The number of aromatic nitrogens is 3. The number of hydrogen-bond donors (Lipinski definition) is 1. The zero-order valence-electron chi connectivity index (χ0n) is 17.0. The Kier molecular flexibility index (Phi) is 7.30. The van der Waals surface area contributed by atoms with Crippen molar-refractivity contribution in [1.29, 1.82) is 0 Å². The summed E-state index contributed by atoms with van der Waals surface area (Å²) in [6.07, 6.45) is -0.246. The summed E-state index contributed by atoms with van der Waals surface area (Å²) >= 11 is 1.38. The zero-order valence-corrected chi connectivity index (χ0v) is 17.8. The molecular weight excluding hydrogens is 384 g/mol. The summed E-state index contributed by atoms with van der Waals surface area (Å²) in [5.41, 5.74) is 2.15. The third kappa shape index (κ3) is 5.60. The molecule has 29 heavy (non-hydrogen) atoms. The van der Waals surface area contributed by atoms with Gasteiger partial charge in [0.25, 0.3) is 0 Å². The molecule has 3 rings (SSSR count). The molecule has 7 heteroatoms. The van der Waals surface area contributed by atoms with Gasteiger partial charge in [-0.25, -0.2) is 0 Å². The van der Waals surface area contributed by atoms with Crippen LogP contribution >= 0.6 is 11.8 Å². The fourth-order valence-corrected chi connectivity index (χ4v) is 3.75. The van der Waals surface area contributed by atoms with Crippen LogP contribution in [-0.4, -0.2) is 26.4 Å². The second-order valence-electron chi connectivity index (χ2n) is 6.66. The lowest BCUT2D eigenvalue weighted by Gasteiger charge is -2.17. The Hall–Kier alpha value is -2.80. The van der Waals surface area contributed by atoms with Crippen LogP contribution in [0.25, 0.3) is 0 Å². The zero-order chi connectivity index (χ0) is 20.6. The molecule has 0 saturated heterocycles. The first kappa shape index (κ1) is 20.9. The summed E-state index contributed by atoms with van der Waals surface area (Å²) in [7, 11) is 0. The summed E-state index contributed by atoms with van der Waals surface area (Å²) in [4.78, 5) is 12.2. The number of amides is 1. The van der Waals surface area contributed by atoms with Crippen molar-refractivity contribution in [2.75, 3.05) is 5.75 Å². The van der Waals surface area contributed by atoms with Crippen LogP contribution < -0.4 is 10.1 Å². The van der Waals surface area contributed by atoms with E-state index in [1.807, 2.05) is 79.9 Å². The Labute approximate surface area is 175 Å². The second-order valence-corrected chi connectivity index (χ2v) is 7.60. The van der Waals surface area contributed by atoms with Gasteiger partial charge in [0.05, 0.1) is 5.75 Å². The van der Waals surface area contributed by atoms with Crippen LogP contribution in [0.3, 0.4) is 0 Å². The Morgan fingerprint density at radius 2 is 1.86 bits per heavy atom. The maximum Gasteiger partial charge on any atom is 0.230 e. The number of carbonyl (C=O) groups excluding carboxylic acids is 1. The Morgan fingerprint density at radius 3 is 2.59 bits per heavy atom. The van der Waals surface area contributed by atoms with Crippen LogP contribution in [0.15, 0.2) is 59.8 Å². The van der Waals surface area contributed by atoms with Crippen molar-refractivity contribution in [3.05, 3.63) is 71.5 Å². The molecule has 152 valence electrons. The molecule has 0 saturated carbocycles. The standard InChI is InChI=1S/C22H26N4O2S/c1-4-26-21(17(3)28-19-13-9-8-10-16(19)2)24-25-22(26)29-15-20(27)23-14-18-11-6-5-7-12-18/h5-13,17H,4,14-15H2,1-3H3,(H,23,27). The number of para-hydroxylation sites is 1. The maximum atomic E-state index is 12.2. The lowest BCUT2D eigenvalue weighted by atomic mass is 10.2. The van der Waals surface area contributed by atoms with E-state index in [1.165, 1.54) is 11.8 Å². The van der Waals surface area contributed by atoms with E-state index < -0.39 is 0 Å². The third-order valence-corrected chi connectivity index (χ3v) is 5.45. The fourth-order valence-electron chi connectivity index (χ4n) is 2.91. The number of aryl methyl sites for hydroxylation is 1. The lowest BCUT2D eigenvalue weighted by molar-refractivity contribution is -0.118. The smallest absolute Gasteiger partial charge is 0.230 e. The molecule has 0 fully saturated rings. The van der Waals surface area contributed by atoms with Crippen molar-refractivity contribution in [1.82, 2.24) is 20.1 Å². The van der Waals surface area contributed by atoms with Crippen molar-refractivity contribution in [2.45, 2.75) is 45.1 Å². The molecule has 0 aliphatic rings. The van der Waals surface area contributed by atoms with Gasteiger partial charge in [0.1, 0.15) is 5.75 Å². The van der Waals surface area contributed by atoms with Gasteiger partial charge in [0.15, 0.2) is 17.1 Å². The Bertz CT molecular complexity index is 943. The van der Waals surface area contributed by atoms with Crippen LogP contribution in [0.1, 0.15) is 36.9 Å². The number of benzene rings is 2. The van der Waals surface area contributed by atoms with Gasteiger partial charge in [-0.1, -0.05) is 60.3 Å². The van der Waals surface area contributed by atoms with Crippen molar-refractivity contribution in [3.63, 3.8) is 0 Å². The number of thioether (sulfide) groups is 1. The van der Waals surface area contributed by atoms with E-state index in [9.17, 15) is 4.79 Å². The van der Waals surface area contributed by atoms with Crippen molar-refractivity contribution < 1.29 is 9.53 Å². The van der Waals surface area contributed by atoms with Gasteiger partial charge in [-0.05, 0) is 38.0 Å². The van der Waals surface area contributed by atoms with Gasteiger partial charge >= 0.3 is 0 Å². The number of nitrogens with one attached hydrogen (secondary N) is 1. The average molecular weight is 411 g/mol. The molecule has 0 spiro atoms. The predicted octanol–water partition coefficient (Wildman–Crippen LogP) is 4.15. The van der Waals surface area contributed by atoms with Gasteiger partial charge in [-0.2, -0.15) is 0 Å². The highest BCUT2D eigenvalue weighted by molar-refractivity contribution is 7.99. The molecule has 0 bridgehead atoms. The monoisotopic (exact) mass is 410 g/mol. The molecule has 1 heterocycles. The second kappa shape index (κ2) is 10.1. The summed E-state index contributed by atoms with van der Waals surface area (Å²) in [5, 5.41) is 12.3. The van der Waals surface area contributed by atoms with E-state index in [2.05, 4.69) is 15.5 Å². The highest BCUT2D eigenvalue weighted by Crippen LogP contribution is 2.26. The highest BCUT2D eigenvalue weighted by atomic mass is 32.2. The van der Waals surface area contributed by atoms with E-state index in [-0.39, 0.29) is 17.8 Å². The summed E-state index contributed by atoms with van der Waals surface area (Å²) < 4.78 is 8.09. The quantitative estimate of drug-likeness (QED) is 0.537. The molecule has 0 aliphatic carbocycles. The molecule has 0 radical (unpaired) electrons. The maximum absolute atomic E-state index is 12.2. The molecule has 1 N–H and O–H groups in total. The van der Waals surface area contributed by atoms with Crippen LogP contribution in [0.5, 0.6) is 5.75 Å². The average Bonchev–Trinajstić information content (AvgIpc) is 3.16. The number of carbonyl (C=O) groups is 1. The molecular formula is C22H26N4O2S. The van der Waals surface area contributed by atoms with E-state index in [4.69, 9.17) is 4.74 Å². The van der Waals surface area contributed by atoms with Gasteiger partial charge in [0, 0.05) is 13.1 Å². The van der Waals surface area contributed by atoms with E-state index in [0.29, 0.717) is 13.1 Å². The normalized spacial score (nSPS) is 11.8. The predicted molar refractivity (Wildman–Crippen MR) is 115 cm³/mol. The van der Waals surface area contributed by atoms with Gasteiger partial charge in [-0.3, -0.25) is 4.79 Å². The van der Waals surface area contributed by atoms with Crippen molar-refractivity contribution in [3.8, 4) is 5.75 Å². The van der Waals surface area contributed by atoms with Crippen molar-refractivity contribution >= 4 is 17.7 Å². The molecule has 1 unspecified atom stereocenters. The van der Waals surface area contributed by atoms with Crippen LogP contribution in [0, 0.1) is 6.92 Å². The molecule has 3 aromatic rings. The minimum atomic E-state index is -0.246. The highest BCUT2D eigenvalue weighted by Gasteiger charge is 2.19. The van der Waals surface area contributed by atoms with Crippen LogP contribution in [0.4, 0.5) is 0 Å². The summed E-state index contributed by atoms with van der Waals surface area (Å²) in [6.45, 7) is 7.24. The molecule has 6 nitrogen and oxygen atoms in total. The molecule has 1 atom stereocenters. The van der Waals surface area contributed by atoms with Gasteiger partial charge in [-0.15, -0.1) is 10.2 Å². The minimum Gasteiger partial charge on any atom is -0.482 e.